The Kier molecular flexibility index (Phi) is 28.0. The number of hydrogen-bond donors (Lipinski definition) is 1. The maximum absolute atomic E-state index is 12.9. The van der Waals surface area contributed by atoms with Crippen molar-refractivity contribution in [1.82, 2.24) is 59.8 Å². The first kappa shape index (κ1) is 78.9. The Hall–Kier alpha value is -6.47. The number of amides is 4. The summed E-state index contributed by atoms with van der Waals surface area (Å²) in [5, 5.41) is 35.2. The maximum atomic E-state index is 12.9. The molecule has 520 valence electrons. The van der Waals surface area contributed by atoms with E-state index in [-0.39, 0.29) is 62.6 Å². The molecule has 3 aromatic heterocycles. The van der Waals surface area contributed by atoms with Crippen molar-refractivity contribution in [1.29, 1.82) is 0 Å². The molecule has 0 spiro atoms. The lowest BCUT2D eigenvalue weighted by Gasteiger charge is -2.29. The van der Waals surface area contributed by atoms with Crippen molar-refractivity contribution < 1.29 is 40.8 Å². The van der Waals surface area contributed by atoms with E-state index in [1.807, 2.05) is 45.1 Å². The van der Waals surface area contributed by atoms with Gasteiger partial charge in [0.05, 0.1) is 41.8 Å². The fraction of sp³-hybridized carbons (Fsp3) is 0.292. The van der Waals surface area contributed by atoms with Gasteiger partial charge in [-0.15, -0.1) is 43.0 Å². The van der Waals surface area contributed by atoms with Crippen LogP contribution in [0.1, 0.15) is 86.1 Å². The van der Waals surface area contributed by atoms with Crippen molar-refractivity contribution in [3.63, 3.8) is 0 Å². The van der Waals surface area contributed by atoms with Crippen LogP contribution < -0.4 is 5.32 Å². The van der Waals surface area contributed by atoms with Crippen LogP contribution in [0, 0.1) is 0 Å². The molecular weight excluding hydrogens is 1500 g/mol. The highest BCUT2D eigenvalue weighted by atomic mass is 35.7. The van der Waals surface area contributed by atoms with Gasteiger partial charge in [-0.3, -0.25) is 14.4 Å². The third kappa shape index (κ3) is 20.6. The molecule has 1 N–H and O–H groups in total. The van der Waals surface area contributed by atoms with Crippen LogP contribution in [0.2, 0.25) is 25.1 Å². The van der Waals surface area contributed by atoms with Gasteiger partial charge in [0.2, 0.25) is 10.0 Å². The average Bonchev–Trinajstić information content (AvgIpc) is 1.15. The minimum atomic E-state index is -3.69. The van der Waals surface area contributed by atoms with Gasteiger partial charge in [0.1, 0.15) is 45.4 Å². The molecule has 5 aromatic carbocycles. The Morgan fingerprint density at radius 3 is 1.19 bits per heavy atom. The Labute approximate surface area is 616 Å². The van der Waals surface area contributed by atoms with Crippen LogP contribution >= 0.6 is 115 Å². The summed E-state index contributed by atoms with van der Waals surface area (Å²) < 4.78 is 54.2. The largest absolute Gasteiger partial charge is 0.444 e. The summed E-state index contributed by atoms with van der Waals surface area (Å²) in [6.07, 6.45) is 7.85. The molecule has 3 aliphatic heterocycles. The normalized spacial score (nSPS) is 14.0. The summed E-state index contributed by atoms with van der Waals surface area (Å²) >= 11 is 34.9. The minimum Gasteiger partial charge on any atom is -0.444 e. The molecule has 0 saturated carbocycles. The summed E-state index contributed by atoms with van der Waals surface area (Å²) in [6.45, 7) is 9.00. The summed E-state index contributed by atoms with van der Waals surface area (Å²) in [5.41, 5.74) is 6.54. The van der Waals surface area contributed by atoms with Crippen LogP contribution in [0.4, 0.5) is 4.79 Å². The second kappa shape index (κ2) is 34.7. The third-order valence-corrected chi connectivity index (χ3v) is 22.6. The van der Waals surface area contributed by atoms with Gasteiger partial charge in [-0.25, -0.2) is 21.6 Å². The van der Waals surface area contributed by atoms with E-state index in [2.05, 4.69) is 42.0 Å². The fourth-order valence-electron chi connectivity index (χ4n) is 9.27. The summed E-state index contributed by atoms with van der Waals surface area (Å²) in [4.78, 5) is 54.8. The van der Waals surface area contributed by atoms with E-state index < -0.39 is 24.7 Å². The van der Waals surface area contributed by atoms with Crippen LogP contribution in [0.15, 0.2) is 131 Å². The monoisotopic (exact) mass is 1560 g/mol. The molecule has 0 bridgehead atoms. The number of carbonyl (C=O) groups is 4. The molecular formula is C65H67Cl7N12O9S5. The second-order valence-corrected chi connectivity index (χ2v) is 32.6. The molecule has 0 radical (unpaired) electrons. The zero-order valence-electron chi connectivity index (χ0n) is 54.2. The molecule has 4 amide bonds. The summed E-state index contributed by atoms with van der Waals surface area (Å²) in [7, 11) is 7.80. The van der Waals surface area contributed by atoms with Crippen molar-refractivity contribution in [3.8, 4) is 31.7 Å². The molecule has 11 rings (SSSR count). The first-order chi connectivity index (χ1) is 45.8. The molecule has 0 unspecified atom stereocenters. The van der Waals surface area contributed by atoms with Crippen LogP contribution in [0.25, 0.3) is 48.4 Å². The molecule has 0 atom stereocenters. The predicted octanol–water partition coefficient (Wildman–Crippen LogP) is 14.9. The SMILES string of the molecule is CN(C)C(=O)c1ccc(-c2nnc(C3=CCN(C(=O)OC(C)(C)C)CC3)s2)cc1Cl.CN(C)C(=O)c1ccc(-c2nnc(C3=CCN(S(=O)(=O)c4ccccc4Cl)CC3)s2)cc1Cl.CN(C)C(=O)c1ccc(-c2nnc(C3=CCNCC3)s2)cc1Cl.Cl.O=S(=O)(Cl)c1ccccc1Cl. The van der Waals surface area contributed by atoms with E-state index in [0.717, 1.165) is 72.4 Å². The first-order valence-electron chi connectivity index (χ1n) is 29.6. The summed E-state index contributed by atoms with van der Waals surface area (Å²) in [6, 6.07) is 28.3. The van der Waals surface area contributed by atoms with Crippen LogP contribution in [-0.4, -0.2) is 182 Å². The topological polar surface area (TPSA) is 251 Å². The smallest absolute Gasteiger partial charge is 0.410 e. The number of ether oxygens (including phenoxy) is 1. The highest BCUT2D eigenvalue weighted by Gasteiger charge is 2.30. The Morgan fingerprint density at radius 1 is 0.500 bits per heavy atom. The lowest BCUT2D eigenvalue weighted by atomic mass is 10.1. The van der Waals surface area contributed by atoms with E-state index in [4.69, 9.17) is 73.4 Å². The Morgan fingerprint density at radius 2 is 0.878 bits per heavy atom. The molecule has 33 heteroatoms. The first-order valence-corrected chi connectivity index (χ1v) is 37.7. The number of nitrogens with one attached hydrogen (secondary N) is 1. The van der Waals surface area contributed by atoms with Gasteiger partial charge in [-0.05, 0) is 124 Å². The van der Waals surface area contributed by atoms with Crippen molar-refractivity contribution in [2.24, 2.45) is 0 Å². The minimum absolute atomic E-state index is 0. The molecule has 0 aliphatic carbocycles. The maximum Gasteiger partial charge on any atom is 0.410 e. The van der Waals surface area contributed by atoms with Gasteiger partial charge in [0.15, 0.2) is 0 Å². The van der Waals surface area contributed by atoms with Gasteiger partial charge in [0.25, 0.3) is 26.8 Å². The van der Waals surface area contributed by atoms with E-state index in [1.165, 1.54) is 65.5 Å². The highest BCUT2D eigenvalue weighted by Crippen LogP contribution is 2.37. The Balaban J connectivity index is 0.000000193. The van der Waals surface area contributed by atoms with Gasteiger partial charge < -0.3 is 29.7 Å². The average molecular weight is 1570 g/mol. The lowest BCUT2D eigenvalue weighted by molar-refractivity contribution is 0.0270. The van der Waals surface area contributed by atoms with Crippen LogP contribution in [0.5, 0.6) is 0 Å². The van der Waals surface area contributed by atoms with E-state index in [0.29, 0.717) is 69.2 Å². The molecule has 21 nitrogen and oxygen atoms in total. The number of sulfonamides is 1. The zero-order valence-corrected chi connectivity index (χ0v) is 63.7. The number of benzene rings is 5. The van der Waals surface area contributed by atoms with Crippen LogP contribution in [-0.2, 0) is 23.8 Å². The lowest BCUT2D eigenvalue weighted by Crippen LogP contribution is -2.39. The van der Waals surface area contributed by atoms with E-state index in [1.54, 1.807) is 131 Å². The third-order valence-electron chi connectivity index (χ3n) is 14.3. The zero-order chi connectivity index (χ0) is 70.7. The molecule has 98 heavy (non-hydrogen) atoms. The molecule has 0 saturated heterocycles. The standard InChI is InChI=1S/C22H20Cl2N4O3S2.C21H25ClN4O3S.C16H17ClN4OS.C6H4Cl2O2S.ClH/c1-27(2)22(29)16-8-7-15(13-18(16)24)21-26-25-20(32-21)14-9-11-28(12-10-14)33(30,31)19-6-4-3-5-17(19)23;1-21(2,3)29-20(28)26-10-8-13(9-11-26)17-23-24-18(30-17)14-6-7-15(16(22)12-14)19(27)25(4)5;1-21(2)16(22)12-4-3-11(9-13(12)17)15-20-19-14(23-15)10-5-7-18-8-6-10;7-5-3-1-2-4-6(5)11(8,9)10;/h3-9,13H,10-12H2,1-2H3;6-8,12H,9-11H2,1-5H3;3-5,9,18H,6-8H2,1-2H3;1-4H;1H. The van der Waals surface area contributed by atoms with Gasteiger partial charge in [-0.1, -0.05) is 153 Å². The number of hydrogen-bond acceptors (Lipinski definition) is 19. The number of carbonyl (C=O) groups excluding carboxylic acids is 4. The number of rotatable bonds is 12. The molecule has 0 fully saturated rings. The van der Waals surface area contributed by atoms with E-state index >= 15 is 0 Å². The van der Waals surface area contributed by atoms with Gasteiger partial charge >= 0.3 is 6.09 Å². The van der Waals surface area contributed by atoms with Gasteiger partial charge in [-0.2, -0.15) is 4.31 Å². The quantitative estimate of drug-likeness (QED) is 0.112. The molecule has 8 aromatic rings. The van der Waals surface area contributed by atoms with Gasteiger partial charge in [0, 0.05) is 102 Å². The van der Waals surface area contributed by atoms with Crippen molar-refractivity contribution in [2.45, 2.75) is 55.4 Å². The summed E-state index contributed by atoms with van der Waals surface area (Å²) in [5.74, 6) is -0.432. The second-order valence-electron chi connectivity index (χ2n) is 23.2. The Bertz CT molecular complexity index is 4580. The van der Waals surface area contributed by atoms with Crippen LogP contribution in [0.3, 0.4) is 0 Å². The fourth-order valence-corrected chi connectivity index (χ4v) is 16.2. The van der Waals surface area contributed by atoms with E-state index in [9.17, 15) is 36.0 Å². The van der Waals surface area contributed by atoms with Crippen molar-refractivity contribution >= 4 is 175 Å². The highest BCUT2D eigenvalue weighted by molar-refractivity contribution is 8.13. The van der Waals surface area contributed by atoms with Crippen molar-refractivity contribution in [2.75, 3.05) is 81.6 Å². The van der Waals surface area contributed by atoms with Crippen molar-refractivity contribution in [3.05, 3.63) is 178 Å². The predicted molar refractivity (Wildman–Crippen MR) is 396 cm³/mol. The number of aromatic nitrogens is 6. The number of nitrogens with zero attached hydrogens (tertiary/aromatic N) is 11. The number of halogens is 7. The molecule has 6 heterocycles. The molecule has 3 aliphatic rings.